The van der Waals surface area contributed by atoms with Crippen LogP contribution >= 0.6 is 0 Å². The van der Waals surface area contributed by atoms with Crippen LogP contribution in [0.5, 0.6) is 0 Å². The summed E-state index contributed by atoms with van der Waals surface area (Å²) in [5.41, 5.74) is 0. The Bertz CT molecular complexity index is 271. The zero-order valence-electron chi connectivity index (χ0n) is 10.3. The van der Waals surface area contributed by atoms with Crippen LogP contribution in [0.1, 0.15) is 51.4 Å². The molecule has 4 aliphatic carbocycles. The van der Waals surface area contributed by atoms with Crippen molar-refractivity contribution in [1.29, 1.82) is 0 Å². The highest BCUT2D eigenvalue weighted by Crippen LogP contribution is 2.58. The molecule has 1 heteroatoms. The van der Waals surface area contributed by atoms with Crippen LogP contribution in [0.2, 0.25) is 0 Å². The molecule has 4 saturated carbocycles. The Balaban J connectivity index is 1.36. The van der Waals surface area contributed by atoms with Crippen molar-refractivity contribution in [1.82, 2.24) is 5.32 Å². The van der Waals surface area contributed by atoms with E-state index in [-0.39, 0.29) is 0 Å². The third-order valence-electron chi connectivity index (χ3n) is 6.32. The van der Waals surface area contributed by atoms with Crippen LogP contribution in [0.25, 0.3) is 0 Å². The minimum atomic E-state index is 0.921. The molecule has 0 radical (unpaired) electrons. The Labute approximate surface area is 99.4 Å². The van der Waals surface area contributed by atoms with Crippen LogP contribution in [-0.4, -0.2) is 12.6 Å². The summed E-state index contributed by atoms with van der Waals surface area (Å²) in [6.45, 7) is 1.34. The van der Waals surface area contributed by atoms with Gasteiger partial charge in [0.15, 0.2) is 0 Å². The van der Waals surface area contributed by atoms with Gasteiger partial charge >= 0.3 is 0 Å². The van der Waals surface area contributed by atoms with E-state index in [1.807, 2.05) is 0 Å². The fourth-order valence-corrected chi connectivity index (χ4v) is 5.32. The van der Waals surface area contributed by atoms with E-state index in [2.05, 4.69) is 5.32 Å². The van der Waals surface area contributed by atoms with Gasteiger partial charge in [-0.1, -0.05) is 12.8 Å². The maximum Gasteiger partial charge on any atom is 0.0101 e. The largest absolute Gasteiger partial charge is 0.313 e. The summed E-state index contributed by atoms with van der Waals surface area (Å²) < 4.78 is 0. The van der Waals surface area contributed by atoms with E-state index in [4.69, 9.17) is 0 Å². The van der Waals surface area contributed by atoms with E-state index >= 15 is 0 Å². The maximum absolute atomic E-state index is 3.93. The Morgan fingerprint density at radius 1 is 0.812 bits per heavy atom. The molecule has 0 amide bonds. The maximum atomic E-state index is 3.93. The average Bonchev–Trinajstić information content (AvgIpc) is 2.86. The quantitative estimate of drug-likeness (QED) is 0.768. The summed E-state index contributed by atoms with van der Waals surface area (Å²) in [6.07, 6.45) is 12.3. The summed E-state index contributed by atoms with van der Waals surface area (Å²) in [5, 5.41) is 3.93. The lowest BCUT2D eigenvalue weighted by Gasteiger charge is -2.34. The van der Waals surface area contributed by atoms with E-state index in [0.29, 0.717) is 0 Å². The molecule has 0 spiro atoms. The lowest BCUT2D eigenvalue weighted by molar-refractivity contribution is 0.192. The van der Waals surface area contributed by atoms with Gasteiger partial charge in [-0.3, -0.25) is 0 Å². The van der Waals surface area contributed by atoms with Gasteiger partial charge in [-0.25, -0.2) is 0 Å². The molecule has 0 aromatic rings. The van der Waals surface area contributed by atoms with Gasteiger partial charge in [0.25, 0.3) is 0 Å². The first-order valence-corrected chi connectivity index (χ1v) is 7.65. The van der Waals surface area contributed by atoms with E-state index < -0.39 is 0 Å². The van der Waals surface area contributed by atoms with Gasteiger partial charge in [0.05, 0.1) is 0 Å². The number of hydrogen-bond acceptors (Lipinski definition) is 1. The van der Waals surface area contributed by atoms with Crippen molar-refractivity contribution in [3.8, 4) is 0 Å². The predicted octanol–water partition coefficient (Wildman–Crippen LogP) is 3.20. The van der Waals surface area contributed by atoms with Crippen molar-refractivity contribution in [3.05, 3.63) is 0 Å². The smallest absolute Gasteiger partial charge is 0.0101 e. The minimum Gasteiger partial charge on any atom is -0.313 e. The second kappa shape index (κ2) is 3.73. The van der Waals surface area contributed by atoms with Crippen LogP contribution < -0.4 is 5.32 Å². The van der Waals surface area contributed by atoms with Gasteiger partial charge < -0.3 is 5.32 Å². The van der Waals surface area contributed by atoms with Gasteiger partial charge in [-0.05, 0) is 74.7 Å². The Kier molecular flexibility index (Phi) is 2.32. The molecule has 90 valence electrons. The summed E-state index contributed by atoms with van der Waals surface area (Å²) in [5.74, 6) is 5.54. The molecule has 1 N–H and O–H groups in total. The summed E-state index contributed by atoms with van der Waals surface area (Å²) >= 11 is 0. The molecule has 4 rings (SSSR count). The average molecular weight is 219 g/mol. The lowest BCUT2D eigenvalue weighted by atomic mass is 9.78. The molecule has 5 unspecified atom stereocenters. The van der Waals surface area contributed by atoms with Gasteiger partial charge in [0.1, 0.15) is 0 Å². The highest BCUT2D eigenvalue weighted by molar-refractivity contribution is 5.05. The minimum absolute atomic E-state index is 0.921. The third kappa shape index (κ3) is 1.40. The van der Waals surface area contributed by atoms with E-state index in [0.717, 1.165) is 35.6 Å². The predicted molar refractivity (Wildman–Crippen MR) is 66.2 cm³/mol. The molecular weight excluding hydrogens is 194 g/mol. The molecule has 16 heavy (non-hydrogen) atoms. The van der Waals surface area contributed by atoms with Crippen LogP contribution in [0.4, 0.5) is 0 Å². The van der Waals surface area contributed by atoms with Gasteiger partial charge in [-0.15, -0.1) is 0 Å². The molecule has 0 aliphatic heterocycles. The van der Waals surface area contributed by atoms with Gasteiger partial charge in [0, 0.05) is 6.04 Å². The number of rotatable bonds is 3. The zero-order valence-corrected chi connectivity index (χ0v) is 10.3. The van der Waals surface area contributed by atoms with Gasteiger partial charge in [-0.2, -0.15) is 0 Å². The highest BCUT2D eigenvalue weighted by atomic mass is 14.9. The normalized spacial score (nSPS) is 50.6. The molecule has 0 heterocycles. The number of fused-ring (bicyclic) bond motifs is 5. The third-order valence-corrected chi connectivity index (χ3v) is 6.32. The molecule has 1 nitrogen and oxygen atoms in total. The topological polar surface area (TPSA) is 12.0 Å². The lowest BCUT2D eigenvalue weighted by Crippen LogP contribution is -2.42. The number of hydrogen-bond donors (Lipinski definition) is 1. The van der Waals surface area contributed by atoms with Crippen LogP contribution in [-0.2, 0) is 0 Å². The van der Waals surface area contributed by atoms with Crippen molar-refractivity contribution in [2.24, 2.45) is 29.6 Å². The van der Waals surface area contributed by atoms with Crippen molar-refractivity contribution in [3.63, 3.8) is 0 Å². The number of nitrogens with one attached hydrogen (secondary N) is 1. The molecule has 5 atom stereocenters. The monoisotopic (exact) mass is 219 g/mol. The first-order chi connectivity index (χ1) is 7.92. The summed E-state index contributed by atoms with van der Waals surface area (Å²) in [6, 6.07) is 0.921. The molecular formula is C15H25N. The van der Waals surface area contributed by atoms with Gasteiger partial charge in [0.2, 0.25) is 0 Å². The molecule has 2 bridgehead atoms. The van der Waals surface area contributed by atoms with Crippen molar-refractivity contribution in [2.45, 2.75) is 57.4 Å². The SMILES string of the molecule is C1CC(CNC2CC3CC2C2CCCC32)C1. The van der Waals surface area contributed by atoms with Crippen LogP contribution in [0.3, 0.4) is 0 Å². The Hall–Kier alpha value is -0.0400. The second-order valence-corrected chi connectivity index (χ2v) is 6.97. The Morgan fingerprint density at radius 2 is 1.62 bits per heavy atom. The second-order valence-electron chi connectivity index (χ2n) is 6.97. The van der Waals surface area contributed by atoms with Crippen molar-refractivity contribution >= 4 is 0 Å². The van der Waals surface area contributed by atoms with E-state index in [9.17, 15) is 0 Å². The van der Waals surface area contributed by atoms with Crippen molar-refractivity contribution in [2.75, 3.05) is 6.54 Å². The fourth-order valence-electron chi connectivity index (χ4n) is 5.32. The highest BCUT2D eigenvalue weighted by Gasteiger charge is 2.53. The van der Waals surface area contributed by atoms with E-state index in [1.54, 1.807) is 19.3 Å². The fraction of sp³-hybridized carbons (Fsp3) is 1.00. The first kappa shape index (κ1) is 9.94. The molecule has 0 aromatic heterocycles. The molecule has 0 aromatic carbocycles. The van der Waals surface area contributed by atoms with E-state index in [1.165, 1.54) is 38.6 Å². The summed E-state index contributed by atoms with van der Waals surface area (Å²) in [4.78, 5) is 0. The molecule has 4 aliphatic rings. The first-order valence-electron chi connectivity index (χ1n) is 7.65. The summed E-state index contributed by atoms with van der Waals surface area (Å²) in [7, 11) is 0. The van der Waals surface area contributed by atoms with Crippen LogP contribution in [0.15, 0.2) is 0 Å². The van der Waals surface area contributed by atoms with Crippen molar-refractivity contribution < 1.29 is 0 Å². The Morgan fingerprint density at radius 3 is 2.44 bits per heavy atom. The standard InChI is InChI=1S/C15H25N/c1-3-10(4-1)9-16-15-8-11-7-14(15)13-6-2-5-12(11)13/h10-16H,1-9H2. The van der Waals surface area contributed by atoms with Crippen LogP contribution in [0, 0.1) is 29.6 Å². The molecule has 0 saturated heterocycles. The zero-order chi connectivity index (χ0) is 10.5. The molecule has 4 fully saturated rings.